The molecule has 2 aromatic carbocycles. The van der Waals surface area contributed by atoms with Crippen molar-refractivity contribution in [1.82, 2.24) is 0 Å². The maximum absolute atomic E-state index is 14.1. The van der Waals surface area contributed by atoms with Gasteiger partial charge in [-0.05, 0) is 67.0 Å². The zero-order chi connectivity index (χ0) is 22.4. The smallest absolute Gasteiger partial charge is 0.178 e. The molecular weight excluding hydrogens is 422 g/mol. The molecule has 0 atom stereocenters. The van der Waals surface area contributed by atoms with Crippen LogP contribution < -0.4 is 0 Å². The van der Waals surface area contributed by atoms with Crippen LogP contribution in [-0.2, 0) is 0 Å². The largest absolute Gasteiger partial charge is 0.202 e. The molecule has 0 heterocycles. The summed E-state index contributed by atoms with van der Waals surface area (Å²) < 4.78 is 56.2. The minimum absolute atomic E-state index is 0.0262. The van der Waals surface area contributed by atoms with Crippen LogP contribution in [0, 0.1) is 51.7 Å². The Labute approximate surface area is 184 Å². The summed E-state index contributed by atoms with van der Waals surface area (Å²) in [6, 6.07) is 7.44. The van der Waals surface area contributed by atoms with Crippen LogP contribution in [0.3, 0.4) is 0 Å². The summed E-state index contributed by atoms with van der Waals surface area (Å²) in [5.74, 6) is -0.315. The van der Waals surface area contributed by atoms with Crippen molar-refractivity contribution in [1.29, 1.82) is 5.26 Å². The van der Waals surface area contributed by atoms with Gasteiger partial charge in [0.2, 0.25) is 0 Å². The van der Waals surface area contributed by atoms with Gasteiger partial charge in [-0.2, -0.15) is 5.26 Å². The van der Waals surface area contributed by atoms with Gasteiger partial charge in [-0.25, -0.2) is 17.6 Å². The molecule has 0 radical (unpaired) electrons. The second-order valence-corrected chi connectivity index (χ2v) is 8.68. The molecule has 1 fully saturated rings. The molecule has 3 rings (SSSR count). The third-order valence-electron chi connectivity index (χ3n) is 5.90. The molecule has 0 aliphatic heterocycles. The normalized spacial score (nSPS) is 18.2. The second-order valence-electron chi connectivity index (χ2n) is 7.89. The van der Waals surface area contributed by atoms with Gasteiger partial charge in [0.05, 0.1) is 4.90 Å². The van der Waals surface area contributed by atoms with Gasteiger partial charge in [0, 0.05) is 5.56 Å². The molecular formula is C25H23F4NS. The number of thioether (sulfide) groups is 1. The fourth-order valence-electron chi connectivity index (χ4n) is 4.11. The predicted octanol–water partition coefficient (Wildman–Crippen LogP) is 7.68. The van der Waals surface area contributed by atoms with E-state index in [0.29, 0.717) is 11.5 Å². The second kappa shape index (κ2) is 10.7. The Hall–Kier alpha value is -2.44. The first kappa shape index (κ1) is 23.2. The van der Waals surface area contributed by atoms with E-state index in [1.165, 1.54) is 43.1 Å². The van der Waals surface area contributed by atoms with Gasteiger partial charge < -0.3 is 0 Å². The lowest BCUT2D eigenvalue weighted by atomic mass is 9.77. The Morgan fingerprint density at radius 2 is 1.52 bits per heavy atom. The topological polar surface area (TPSA) is 23.8 Å². The molecule has 0 unspecified atom stereocenters. The number of hydrogen-bond donors (Lipinski definition) is 0. The molecule has 0 N–H and O–H groups in total. The van der Waals surface area contributed by atoms with Crippen LogP contribution in [0.25, 0.3) is 0 Å². The van der Waals surface area contributed by atoms with Gasteiger partial charge in [0.1, 0.15) is 11.0 Å². The average molecular weight is 446 g/mol. The standard InChI is InChI=1S/C25H23F4NS/c1-2-3-4-16-5-10-18(11-6-16)19-12-7-17(8-13-19)9-14-20-21(26)23(28)25(31-15-30)24(29)22(20)27/h7-8,12-13,16,18H,2-6,10-11H2,1H3. The van der Waals surface area contributed by atoms with E-state index in [-0.39, 0.29) is 11.8 Å². The van der Waals surface area contributed by atoms with Gasteiger partial charge in [-0.1, -0.05) is 50.2 Å². The Bertz CT molecular complexity index is 994. The molecule has 0 saturated heterocycles. The van der Waals surface area contributed by atoms with Crippen molar-refractivity contribution in [3.63, 3.8) is 0 Å². The van der Waals surface area contributed by atoms with Gasteiger partial charge in [-0.15, -0.1) is 0 Å². The summed E-state index contributed by atoms with van der Waals surface area (Å²) in [4.78, 5) is -1.00. The Morgan fingerprint density at radius 3 is 2.06 bits per heavy atom. The predicted molar refractivity (Wildman–Crippen MR) is 114 cm³/mol. The van der Waals surface area contributed by atoms with Crippen LogP contribution in [0.15, 0.2) is 29.2 Å². The number of hydrogen-bond acceptors (Lipinski definition) is 2. The number of halogens is 4. The highest BCUT2D eigenvalue weighted by Gasteiger charge is 2.25. The number of nitrogens with zero attached hydrogens (tertiary/aromatic N) is 1. The number of rotatable bonds is 5. The van der Waals surface area contributed by atoms with Crippen LogP contribution in [0.2, 0.25) is 0 Å². The van der Waals surface area contributed by atoms with Crippen molar-refractivity contribution in [3.05, 3.63) is 64.2 Å². The van der Waals surface area contributed by atoms with Crippen molar-refractivity contribution in [2.75, 3.05) is 0 Å². The average Bonchev–Trinajstić information content (AvgIpc) is 2.80. The monoisotopic (exact) mass is 445 g/mol. The van der Waals surface area contributed by atoms with Crippen molar-refractivity contribution in [3.8, 4) is 17.2 Å². The van der Waals surface area contributed by atoms with E-state index in [0.717, 1.165) is 18.8 Å². The van der Waals surface area contributed by atoms with E-state index in [1.54, 1.807) is 12.1 Å². The molecule has 31 heavy (non-hydrogen) atoms. The van der Waals surface area contributed by atoms with Crippen LogP contribution in [0.4, 0.5) is 17.6 Å². The highest BCUT2D eigenvalue weighted by molar-refractivity contribution is 8.03. The van der Waals surface area contributed by atoms with Crippen molar-refractivity contribution >= 4 is 11.8 Å². The van der Waals surface area contributed by atoms with E-state index in [2.05, 4.69) is 18.8 Å². The summed E-state index contributed by atoms with van der Waals surface area (Å²) in [5.41, 5.74) is 0.731. The van der Waals surface area contributed by atoms with Gasteiger partial charge >= 0.3 is 0 Å². The van der Waals surface area contributed by atoms with E-state index in [9.17, 15) is 17.6 Å². The molecule has 0 aromatic heterocycles. The minimum Gasteiger partial charge on any atom is -0.202 e. The Balaban J connectivity index is 1.73. The molecule has 1 nitrogen and oxygen atoms in total. The van der Waals surface area contributed by atoms with Crippen LogP contribution in [0.5, 0.6) is 0 Å². The lowest BCUT2D eigenvalue weighted by Gasteiger charge is -2.28. The quantitative estimate of drug-likeness (QED) is 0.155. The fourth-order valence-corrected chi connectivity index (χ4v) is 4.56. The van der Waals surface area contributed by atoms with Crippen LogP contribution in [-0.4, -0.2) is 0 Å². The molecule has 1 saturated carbocycles. The van der Waals surface area contributed by atoms with Crippen molar-refractivity contribution in [2.24, 2.45) is 5.92 Å². The summed E-state index contributed by atoms with van der Waals surface area (Å²) in [6.45, 7) is 2.22. The van der Waals surface area contributed by atoms with Gasteiger partial charge in [-0.3, -0.25) is 0 Å². The summed E-state index contributed by atoms with van der Waals surface area (Å²) in [7, 11) is 0. The zero-order valence-corrected chi connectivity index (χ0v) is 18.1. The highest BCUT2D eigenvalue weighted by Crippen LogP contribution is 2.37. The van der Waals surface area contributed by atoms with E-state index in [4.69, 9.17) is 5.26 Å². The molecule has 162 valence electrons. The van der Waals surface area contributed by atoms with Crippen LogP contribution >= 0.6 is 11.8 Å². The first-order valence-corrected chi connectivity index (χ1v) is 11.3. The highest BCUT2D eigenvalue weighted by atomic mass is 32.2. The molecule has 1 aliphatic rings. The zero-order valence-electron chi connectivity index (χ0n) is 17.3. The molecule has 0 bridgehead atoms. The van der Waals surface area contributed by atoms with E-state index < -0.39 is 33.7 Å². The number of benzene rings is 2. The lowest BCUT2D eigenvalue weighted by Crippen LogP contribution is -2.13. The molecule has 2 aromatic rings. The summed E-state index contributed by atoms with van der Waals surface area (Å²) in [5, 5.41) is 9.95. The first-order valence-electron chi connectivity index (χ1n) is 10.5. The summed E-state index contributed by atoms with van der Waals surface area (Å²) >= 11 is 0.0262. The van der Waals surface area contributed by atoms with Gasteiger partial charge in [0.25, 0.3) is 0 Å². The Kier molecular flexibility index (Phi) is 8.04. The maximum atomic E-state index is 14.1. The third-order valence-corrected chi connectivity index (χ3v) is 6.55. The molecule has 1 aliphatic carbocycles. The first-order chi connectivity index (χ1) is 15.0. The Morgan fingerprint density at radius 1 is 0.903 bits per heavy atom. The third kappa shape index (κ3) is 5.43. The number of thiocyanates is 1. The fraction of sp³-hybridized carbons (Fsp3) is 0.400. The van der Waals surface area contributed by atoms with Crippen molar-refractivity contribution < 1.29 is 17.6 Å². The number of nitriles is 1. The van der Waals surface area contributed by atoms with Crippen molar-refractivity contribution in [2.45, 2.75) is 62.7 Å². The SMILES string of the molecule is CCCCC1CCC(c2ccc(C#Cc3c(F)c(F)c(SC#N)c(F)c3F)cc2)CC1. The summed E-state index contributed by atoms with van der Waals surface area (Å²) in [6.07, 6.45) is 8.62. The van der Waals surface area contributed by atoms with Gasteiger partial charge in [0.15, 0.2) is 23.3 Å². The van der Waals surface area contributed by atoms with E-state index in [1.807, 2.05) is 12.1 Å². The minimum atomic E-state index is -1.61. The molecule has 0 amide bonds. The molecule has 6 heteroatoms. The number of unbranched alkanes of at least 4 members (excludes halogenated alkanes) is 1. The lowest BCUT2D eigenvalue weighted by molar-refractivity contribution is 0.304. The molecule has 0 spiro atoms. The van der Waals surface area contributed by atoms with Crippen LogP contribution in [0.1, 0.15) is 74.5 Å². The van der Waals surface area contributed by atoms with E-state index >= 15 is 0 Å². The maximum Gasteiger partial charge on any atom is 0.178 e.